The molecule has 190 valence electrons. The standard InChI is InChI=1S/C32H32N6/c1-3-15-37(16-4-1)23-8-10-26-27(19-23)31(29-11-12-34-22-36-29)25-9-7-24(38-17-5-2-6-18-38)20-28(25)32(26)30-21-33-13-14-35-30/h7-14,19-22H,1-6,15-18H2. The van der Waals surface area contributed by atoms with Gasteiger partial charge in [0, 0.05) is 67.3 Å². The summed E-state index contributed by atoms with van der Waals surface area (Å²) in [5, 5.41) is 4.77. The van der Waals surface area contributed by atoms with E-state index < -0.39 is 0 Å². The number of hydrogen-bond donors (Lipinski definition) is 0. The molecule has 2 saturated heterocycles. The SMILES string of the molecule is c1cc(-c2c3ccc(N4CCCCC4)cc3c(-c3cnccn3)c3ccc(N4CCCCC4)cc23)ncn1. The van der Waals surface area contributed by atoms with E-state index in [0.29, 0.717) is 0 Å². The average Bonchev–Trinajstić information content (AvgIpc) is 3.01. The number of hydrogen-bond acceptors (Lipinski definition) is 6. The lowest BCUT2D eigenvalue weighted by molar-refractivity contribution is 0.578. The van der Waals surface area contributed by atoms with E-state index in [1.165, 1.54) is 71.4 Å². The second-order valence-corrected chi connectivity index (χ2v) is 10.5. The molecule has 4 heterocycles. The van der Waals surface area contributed by atoms with Gasteiger partial charge in [0.15, 0.2) is 0 Å². The Morgan fingerprint density at radius 2 is 1.11 bits per heavy atom. The molecule has 0 unspecified atom stereocenters. The van der Waals surface area contributed by atoms with Gasteiger partial charge in [0.25, 0.3) is 0 Å². The topological polar surface area (TPSA) is 58.0 Å². The van der Waals surface area contributed by atoms with Crippen LogP contribution in [0.15, 0.2) is 73.6 Å². The summed E-state index contributed by atoms with van der Waals surface area (Å²) in [6.45, 7) is 4.44. The molecule has 2 aliphatic rings. The molecule has 0 radical (unpaired) electrons. The molecule has 0 saturated carbocycles. The molecule has 6 heteroatoms. The summed E-state index contributed by atoms with van der Waals surface area (Å²) in [6, 6.07) is 15.9. The molecule has 6 nitrogen and oxygen atoms in total. The maximum absolute atomic E-state index is 4.79. The first kappa shape index (κ1) is 23.1. The van der Waals surface area contributed by atoms with Crippen molar-refractivity contribution in [2.75, 3.05) is 36.0 Å². The van der Waals surface area contributed by atoms with Crippen LogP contribution in [0.5, 0.6) is 0 Å². The molecule has 2 fully saturated rings. The Labute approximate surface area is 223 Å². The average molecular weight is 501 g/mol. The van der Waals surface area contributed by atoms with Crippen LogP contribution >= 0.6 is 0 Å². The predicted octanol–water partition coefficient (Wildman–Crippen LogP) is 6.89. The van der Waals surface area contributed by atoms with E-state index >= 15 is 0 Å². The Hall–Kier alpha value is -4.06. The van der Waals surface area contributed by atoms with Crippen LogP contribution < -0.4 is 9.80 Å². The minimum absolute atomic E-state index is 0.901. The fourth-order valence-corrected chi connectivity index (χ4v) is 6.32. The summed E-state index contributed by atoms with van der Waals surface area (Å²) in [5.74, 6) is 0. The van der Waals surface area contributed by atoms with Crippen LogP contribution in [0.3, 0.4) is 0 Å². The second-order valence-electron chi connectivity index (χ2n) is 10.5. The smallest absolute Gasteiger partial charge is 0.116 e. The summed E-state index contributed by atoms with van der Waals surface area (Å²) in [4.78, 5) is 23.3. The summed E-state index contributed by atoms with van der Waals surface area (Å²) in [6.07, 6.45) is 16.6. The van der Waals surface area contributed by atoms with Crippen molar-refractivity contribution in [3.05, 3.63) is 73.6 Å². The van der Waals surface area contributed by atoms with Gasteiger partial charge in [-0.2, -0.15) is 0 Å². The molecule has 0 amide bonds. The molecular formula is C32H32N6. The zero-order valence-electron chi connectivity index (χ0n) is 21.7. The Morgan fingerprint density at radius 3 is 1.63 bits per heavy atom. The normalized spacial score (nSPS) is 16.3. The molecule has 3 aromatic carbocycles. The Balaban J connectivity index is 1.55. The summed E-state index contributed by atoms with van der Waals surface area (Å²) in [5.41, 5.74) is 6.71. The molecule has 5 aromatic rings. The van der Waals surface area contributed by atoms with Gasteiger partial charge >= 0.3 is 0 Å². The number of piperidine rings is 2. The van der Waals surface area contributed by atoms with Crippen molar-refractivity contribution in [2.24, 2.45) is 0 Å². The summed E-state index contributed by atoms with van der Waals surface area (Å²) >= 11 is 0. The van der Waals surface area contributed by atoms with Gasteiger partial charge in [-0.3, -0.25) is 9.97 Å². The second kappa shape index (κ2) is 10.0. The highest BCUT2D eigenvalue weighted by atomic mass is 15.1. The van der Waals surface area contributed by atoms with Crippen LogP contribution in [0, 0.1) is 0 Å². The number of benzene rings is 3. The Morgan fingerprint density at radius 1 is 0.500 bits per heavy atom. The monoisotopic (exact) mass is 500 g/mol. The van der Waals surface area contributed by atoms with Gasteiger partial charge in [-0.25, -0.2) is 9.97 Å². The van der Waals surface area contributed by atoms with Crippen molar-refractivity contribution in [1.82, 2.24) is 19.9 Å². The van der Waals surface area contributed by atoms with Crippen LogP contribution in [0.2, 0.25) is 0 Å². The molecule has 0 aliphatic carbocycles. The highest BCUT2D eigenvalue weighted by molar-refractivity contribution is 6.21. The van der Waals surface area contributed by atoms with Gasteiger partial charge in [-0.15, -0.1) is 0 Å². The summed E-state index contributed by atoms with van der Waals surface area (Å²) < 4.78 is 0. The lowest BCUT2D eigenvalue weighted by Gasteiger charge is -2.30. The Bertz CT molecular complexity index is 1450. The van der Waals surface area contributed by atoms with Gasteiger partial charge in [0.2, 0.25) is 0 Å². The van der Waals surface area contributed by atoms with Gasteiger partial charge in [-0.05, 0) is 90.4 Å². The van der Waals surface area contributed by atoms with Crippen molar-refractivity contribution in [2.45, 2.75) is 38.5 Å². The fraction of sp³-hybridized carbons (Fsp3) is 0.312. The van der Waals surface area contributed by atoms with Crippen molar-refractivity contribution < 1.29 is 0 Å². The van der Waals surface area contributed by atoms with Crippen LogP contribution in [0.1, 0.15) is 38.5 Å². The number of rotatable bonds is 4. The van der Waals surface area contributed by atoms with Gasteiger partial charge in [0.05, 0.1) is 17.6 Å². The third-order valence-electron chi connectivity index (χ3n) is 8.18. The molecule has 2 aromatic heterocycles. The fourth-order valence-electron chi connectivity index (χ4n) is 6.32. The third kappa shape index (κ3) is 4.14. The number of nitrogens with zero attached hydrogens (tertiary/aromatic N) is 6. The van der Waals surface area contributed by atoms with Gasteiger partial charge < -0.3 is 9.80 Å². The highest BCUT2D eigenvalue weighted by Gasteiger charge is 2.22. The minimum Gasteiger partial charge on any atom is -0.372 e. The van der Waals surface area contributed by atoms with Crippen molar-refractivity contribution >= 4 is 32.9 Å². The number of fused-ring (bicyclic) bond motifs is 2. The van der Waals surface area contributed by atoms with Gasteiger partial charge in [0.1, 0.15) is 6.33 Å². The summed E-state index contributed by atoms with van der Waals surface area (Å²) in [7, 11) is 0. The van der Waals surface area contributed by atoms with E-state index in [2.05, 4.69) is 56.2 Å². The highest BCUT2D eigenvalue weighted by Crippen LogP contribution is 2.45. The van der Waals surface area contributed by atoms with Crippen LogP contribution in [0.4, 0.5) is 11.4 Å². The molecule has 0 bridgehead atoms. The lowest BCUT2D eigenvalue weighted by atomic mass is 9.88. The first-order valence-corrected chi connectivity index (χ1v) is 13.9. The molecule has 0 spiro atoms. The zero-order valence-corrected chi connectivity index (χ0v) is 21.7. The maximum Gasteiger partial charge on any atom is 0.116 e. The number of anilines is 2. The predicted molar refractivity (Wildman–Crippen MR) is 156 cm³/mol. The van der Waals surface area contributed by atoms with E-state index in [0.717, 1.165) is 48.7 Å². The van der Waals surface area contributed by atoms with Crippen molar-refractivity contribution in [3.8, 4) is 22.5 Å². The first-order chi connectivity index (χ1) is 18.9. The van der Waals surface area contributed by atoms with E-state index in [4.69, 9.17) is 9.97 Å². The van der Waals surface area contributed by atoms with E-state index in [9.17, 15) is 0 Å². The van der Waals surface area contributed by atoms with Crippen LogP contribution in [-0.2, 0) is 0 Å². The molecule has 7 rings (SSSR count). The van der Waals surface area contributed by atoms with E-state index in [1.807, 2.05) is 18.5 Å². The van der Waals surface area contributed by atoms with E-state index in [1.54, 1.807) is 18.7 Å². The maximum atomic E-state index is 4.79. The molecular weight excluding hydrogens is 468 g/mol. The molecule has 38 heavy (non-hydrogen) atoms. The zero-order chi connectivity index (χ0) is 25.3. The molecule has 0 atom stereocenters. The van der Waals surface area contributed by atoms with Crippen LogP contribution in [0.25, 0.3) is 44.1 Å². The quantitative estimate of drug-likeness (QED) is 0.251. The van der Waals surface area contributed by atoms with Crippen molar-refractivity contribution in [1.29, 1.82) is 0 Å². The largest absolute Gasteiger partial charge is 0.372 e. The third-order valence-corrected chi connectivity index (χ3v) is 8.18. The van der Waals surface area contributed by atoms with Gasteiger partial charge in [-0.1, -0.05) is 12.1 Å². The van der Waals surface area contributed by atoms with E-state index in [-0.39, 0.29) is 0 Å². The number of aromatic nitrogens is 4. The Kier molecular flexibility index (Phi) is 6.08. The molecule has 2 aliphatic heterocycles. The van der Waals surface area contributed by atoms with Crippen LogP contribution in [-0.4, -0.2) is 46.1 Å². The first-order valence-electron chi connectivity index (χ1n) is 13.9. The van der Waals surface area contributed by atoms with Crippen molar-refractivity contribution in [3.63, 3.8) is 0 Å². The lowest BCUT2D eigenvalue weighted by Crippen LogP contribution is -2.29. The minimum atomic E-state index is 0.901. The molecule has 0 N–H and O–H groups in total.